The van der Waals surface area contributed by atoms with Crippen molar-refractivity contribution in [2.45, 2.75) is 19.1 Å². The zero-order valence-corrected chi connectivity index (χ0v) is 10.8. The van der Waals surface area contributed by atoms with Gasteiger partial charge in [-0.15, -0.1) is 0 Å². The SMILES string of the molecule is CN(Cc1ccccc1)C(=O)CC1CNCCO1. The summed E-state index contributed by atoms with van der Waals surface area (Å²) in [4.78, 5) is 13.8. The molecule has 1 aromatic rings. The number of nitrogens with one attached hydrogen (secondary N) is 1. The lowest BCUT2D eigenvalue weighted by atomic mass is 10.2. The highest BCUT2D eigenvalue weighted by Crippen LogP contribution is 2.07. The summed E-state index contributed by atoms with van der Waals surface area (Å²) in [7, 11) is 1.84. The molecule has 1 unspecified atom stereocenters. The van der Waals surface area contributed by atoms with Crippen molar-refractivity contribution in [2.24, 2.45) is 0 Å². The Hall–Kier alpha value is -1.39. The number of carbonyl (C=O) groups is 1. The molecule has 1 aliphatic rings. The molecule has 1 amide bonds. The molecule has 0 radical (unpaired) electrons. The van der Waals surface area contributed by atoms with Crippen molar-refractivity contribution >= 4 is 5.91 Å². The van der Waals surface area contributed by atoms with E-state index in [-0.39, 0.29) is 12.0 Å². The van der Waals surface area contributed by atoms with Crippen LogP contribution < -0.4 is 5.32 Å². The lowest BCUT2D eigenvalue weighted by Crippen LogP contribution is -2.41. The van der Waals surface area contributed by atoms with E-state index in [1.807, 2.05) is 37.4 Å². The minimum absolute atomic E-state index is 0.0180. The van der Waals surface area contributed by atoms with Gasteiger partial charge in [0.25, 0.3) is 0 Å². The summed E-state index contributed by atoms with van der Waals surface area (Å²) in [5.74, 6) is 0.132. The molecule has 0 spiro atoms. The second-order valence-corrected chi connectivity index (χ2v) is 4.64. The van der Waals surface area contributed by atoms with Gasteiger partial charge in [0.1, 0.15) is 0 Å². The molecule has 1 N–H and O–H groups in total. The molecule has 0 saturated carbocycles. The fraction of sp³-hybridized carbons (Fsp3) is 0.500. The highest BCUT2D eigenvalue weighted by Gasteiger charge is 2.19. The average molecular weight is 248 g/mol. The first-order valence-corrected chi connectivity index (χ1v) is 6.36. The molecule has 98 valence electrons. The topological polar surface area (TPSA) is 41.6 Å². The third-order valence-corrected chi connectivity index (χ3v) is 3.10. The van der Waals surface area contributed by atoms with E-state index in [2.05, 4.69) is 5.32 Å². The summed E-state index contributed by atoms with van der Waals surface area (Å²) < 4.78 is 5.54. The van der Waals surface area contributed by atoms with E-state index >= 15 is 0 Å². The van der Waals surface area contributed by atoms with Crippen molar-refractivity contribution in [3.8, 4) is 0 Å². The minimum atomic E-state index is 0.0180. The maximum atomic E-state index is 12.0. The molecule has 1 saturated heterocycles. The second kappa shape index (κ2) is 6.52. The van der Waals surface area contributed by atoms with Gasteiger partial charge in [-0.2, -0.15) is 0 Å². The highest BCUT2D eigenvalue weighted by atomic mass is 16.5. The molecule has 4 nitrogen and oxygen atoms in total. The molecule has 0 bridgehead atoms. The number of nitrogens with zero attached hydrogens (tertiary/aromatic N) is 1. The van der Waals surface area contributed by atoms with Gasteiger partial charge in [0.05, 0.1) is 19.1 Å². The van der Waals surface area contributed by atoms with Crippen molar-refractivity contribution in [2.75, 3.05) is 26.7 Å². The zero-order chi connectivity index (χ0) is 12.8. The molecule has 1 atom stereocenters. The molecule has 1 aliphatic heterocycles. The molecule has 1 heterocycles. The van der Waals surface area contributed by atoms with E-state index in [0.717, 1.165) is 18.7 Å². The van der Waals surface area contributed by atoms with Crippen LogP contribution in [0.1, 0.15) is 12.0 Å². The largest absolute Gasteiger partial charge is 0.375 e. The molecule has 1 fully saturated rings. The Morgan fingerprint density at radius 3 is 2.89 bits per heavy atom. The van der Waals surface area contributed by atoms with Crippen LogP contribution in [0.3, 0.4) is 0 Å². The molecule has 0 aromatic heterocycles. The summed E-state index contributed by atoms with van der Waals surface area (Å²) in [5, 5.41) is 3.23. The van der Waals surface area contributed by atoms with Gasteiger partial charge in [0, 0.05) is 26.7 Å². The van der Waals surface area contributed by atoms with Gasteiger partial charge >= 0.3 is 0 Å². The monoisotopic (exact) mass is 248 g/mol. The van der Waals surface area contributed by atoms with Crippen molar-refractivity contribution in [1.82, 2.24) is 10.2 Å². The van der Waals surface area contributed by atoms with Gasteiger partial charge in [-0.05, 0) is 5.56 Å². The molecular formula is C14H20N2O2. The van der Waals surface area contributed by atoms with E-state index in [0.29, 0.717) is 19.6 Å². The second-order valence-electron chi connectivity index (χ2n) is 4.64. The summed E-state index contributed by atoms with van der Waals surface area (Å²) in [5.41, 5.74) is 1.15. The molecule has 0 aliphatic carbocycles. The van der Waals surface area contributed by atoms with Gasteiger partial charge in [-0.25, -0.2) is 0 Å². The number of benzene rings is 1. The van der Waals surface area contributed by atoms with Crippen LogP contribution in [0.2, 0.25) is 0 Å². The standard InChI is InChI=1S/C14H20N2O2/c1-16(11-12-5-3-2-4-6-12)14(17)9-13-10-15-7-8-18-13/h2-6,13,15H,7-11H2,1H3. The number of rotatable bonds is 4. The average Bonchev–Trinajstić information content (AvgIpc) is 2.41. The van der Waals surface area contributed by atoms with Gasteiger partial charge in [-0.1, -0.05) is 30.3 Å². The Morgan fingerprint density at radius 2 is 2.22 bits per heavy atom. The van der Waals surface area contributed by atoms with Gasteiger partial charge in [-0.3, -0.25) is 4.79 Å². The van der Waals surface area contributed by atoms with Crippen molar-refractivity contribution in [3.63, 3.8) is 0 Å². The summed E-state index contributed by atoms with van der Waals surface area (Å²) in [6.07, 6.45) is 0.473. The van der Waals surface area contributed by atoms with E-state index in [9.17, 15) is 4.79 Å². The summed E-state index contributed by atoms with van der Waals surface area (Å²) in [6.45, 7) is 3.00. The normalized spacial score (nSPS) is 19.5. The Balaban J connectivity index is 1.81. The van der Waals surface area contributed by atoms with E-state index in [1.165, 1.54) is 0 Å². The fourth-order valence-electron chi connectivity index (χ4n) is 2.05. The smallest absolute Gasteiger partial charge is 0.225 e. The maximum absolute atomic E-state index is 12.0. The van der Waals surface area contributed by atoms with Crippen LogP contribution in [-0.2, 0) is 16.1 Å². The number of carbonyl (C=O) groups excluding carboxylic acids is 1. The Labute approximate surface area is 108 Å². The predicted octanol–water partition coefficient (Wildman–Crippen LogP) is 1.02. The van der Waals surface area contributed by atoms with Gasteiger partial charge in [0.2, 0.25) is 5.91 Å². The Bertz CT molecular complexity index is 375. The first kappa shape index (κ1) is 13.1. The molecule has 1 aromatic carbocycles. The molecular weight excluding hydrogens is 228 g/mol. The third kappa shape index (κ3) is 3.82. The predicted molar refractivity (Wildman–Crippen MR) is 70.1 cm³/mol. The van der Waals surface area contributed by atoms with Gasteiger partial charge in [0.15, 0.2) is 0 Å². The Morgan fingerprint density at radius 1 is 1.44 bits per heavy atom. The van der Waals surface area contributed by atoms with E-state index in [4.69, 9.17) is 4.74 Å². The lowest BCUT2D eigenvalue weighted by molar-refractivity contribution is -0.133. The lowest BCUT2D eigenvalue weighted by Gasteiger charge is -2.25. The summed E-state index contributed by atoms with van der Waals surface area (Å²) in [6, 6.07) is 10.0. The van der Waals surface area contributed by atoms with Crippen LogP contribution in [0.15, 0.2) is 30.3 Å². The van der Waals surface area contributed by atoms with Crippen LogP contribution in [-0.4, -0.2) is 43.7 Å². The van der Waals surface area contributed by atoms with Crippen LogP contribution in [0.5, 0.6) is 0 Å². The first-order valence-electron chi connectivity index (χ1n) is 6.36. The summed E-state index contributed by atoms with van der Waals surface area (Å²) >= 11 is 0. The Kier molecular flexibility index (Phi) is 4.73. The minimum Gasteiger partial charge on any atom is -0.375 e. The molecule has 18 heavy (non-hydrogen) atoms. The van der Waals surface area contributed by atoms with Crippen LogP contribution >= 0.6 is 0 Å². The first-order chi connectivity index (χ1) is 8.75. The number of hydrogen-bond donors (Lipinski definition) is 1. The number of ether oxygens (including phenoxy) is 1. The number of morpholine rings is 1. The number of hydrogen-bond acceptors (Lipinski definition) is 3. The maximum Gasteiger partial charge on any atom is 0.225 e. The van der Waals surface area contributed by atoms with E-state index < -0.39 is 0 Å². The quantitative estimate of drug-likeness (QED) is 0.865. The van der Waals surface area contributed by atoms with Crippen molar-refractivity contribution in [3.05, 3.63) is 35.9 Å². The number of amides is 1. The van der Waals surface area contributed by atoms with Crippen LogP contribution in [0.25, 0.3) is 0 Å². The molecule has 2 rings (SSSR count). The third-order valence-electron chi connectivity index (χ3n) is 3.10. The zero-order valence-electron chi connectivity index (χ0n) is 10.8. The van der Waals surface area contributed by atoms with Crippen molar-refractivity contribution < 1.29 is 9.53 Å². The van der Waals surface area contributed by atoms with Crippen LogP contribution in [0, 0.1) is 0 Å². The van der Waals surface area contributed by atoms with E-state index in [1.54, 1.807) is 4.90 Å². The molecule has 4 heteroatoms. The fourth-order valence-corrected chi connectivity index (χ4v) is 2.05. The van der Waals surface area contributed by atoms with Gasteiger partial charge < -0.3 is 15.0 Å². The van der Waals surface area contributed by atoms with Crippen molar-refractivity contribution in [1.29, 1.82) is 0 Å². The van der Waals surface area contributed by atoms with Crippen LogP contribution in [0.4, 0.5) is 0 Å². The highest BCUT2D eigenvalue weighted by molar-refractivity contribution is 5.76.